The first kappa shape index (κ1) is 21.8. The van der Waals surface area contributed by atoms with E-state index in [1.165, 1.54) is 7.11 Å². The Balaban J connectivity index is 1.75. The number of nitrogens with one attached hydrogen (secondary N) is 2. The third-order valence-corrected chi connectivity index (χ3v) is 4.78. The third kappa shape index (κ3) is 6.92. The van der Waals surface area contributed by atoms with Crippen LogP contribution in [0, 0.1) is 0 Å². The summed E-state index contributed by atoms with van der Waals surface area (Å²) < 4.78 is 4.61. The second-order valence-electron chi connectivity index (χ2n) is 6.65. The zero-order chi connectivity index (χ0) is 20.4. The van der Waals surface area contributed by atoms with Crippen LogP contribution >= 0.6 is 12.2 Å². The number of carbonyl (C=O) groups is 2. The molecular weight excluding hydrogens is 376 g/mol. The Morgan fingerprint density at radius 1 is 1.32 bits per heavy atom. The normalized spacial score (nSPS) is 14.1. The van der Waals surface area contributed by atoms with Gasteiger partial charge in [-0.15, -0.1) is 0 Å². The minimum absolute atomic E-state index is 0.168. The minimum Gasteiger partial charge on any atom is -0.469 e. The number of hydrogen-bond donors (Lipinski definition) is 2. The molecular formula is C20H28N4O3S. The van der Waals surface area contributed by atoms with Crippen molar-refractivity contribution in [2.75, 3.05) is 25.1 Å². The van der Waals surface area contributed by atoms with Gasteiger partial charge < -0.3 is 15.0 Å². The maximum Gasteiger partial charge on any atom is 0.305 e. The summed E-state index contributed by atoms with van der Waals surface area (Å²) in [6.45, 7) is 3.38. The fraction of sp³-hybridized carbons (Fsp3) is 0.500. The van der Waals surface area contributed by atoms with E-state index in [1.54, 1.807) is 0 Å². The van der Waals surface area contributed by atoms with E-state index in [4.69, 9.17) is 12.2 Å². The lowest BCUT2D eigenvalue weighted by Crippen LogP contribution is -2.33. The second kappa shape index (κ2) is 11.4. The van der Waals surface area contributed by atoms with Gasteiger partial charge in [0.05, 0.1) is 12.8 Å². The molecule has 0 bridgehead atoms. The summed E-state index contributed by atoms with van der Waals surface area (Å²) in [7, 11) is 1.40. The molecule has 0 unspecified atom stereocenters. The van der Waals surface area contributed by atoms with Crippen molar-refractivity contribution in [2.45, 2.75) is 45.4 Å². The first-order valence-electron chi connectivity index (χ1n) is 9.57. The lowest BCUT2D eigenvalue weighted by molar-refractivity contribution is -0.140. The lowest BCUT2D eigenvalue weighted by Gasteiger charge is -2.16. The van der Waals surface area contributed by atoms with Crippen LogP contribution in [-0.2, 0) is 14.3 Å². The molecule has 0 atom stereocenters. The summed E-state index contributed by atoms with van der Waals surface area (Å²) in [5, 5.41) is 7.88. The van der Waals surface area contributed by atoms with Gasteiger partial charge in [-0.25, -0.2) is 0 Å². The number of methoxy groups -OCH3 is 1. The van der Waals surface area contributed by atoms with Crippen LogP contribution in [0.5, 0.6) is 0 Å². The highest BCUT2D eigenvalue weighted by molar-refractivity contribution is 7.80. The van der Waals surface area contributed by atoms with Crippen molar-refractivity contribution in [3.05, 3.63) is 29.8 Å². The van der Waals surface area contributed by atoms with Crippen LogP contribution in [0.3, 0.4) is 0 Å². The Bertz CT molecular complexity index is 736. The van der Waals surface area contributed by atoms with E-state index in [1.807, 2.05) is 36.1 Å². The van der Waals surface area contributed by atoms with Crippen LogP contribution in [0.2, 0.25) is 0 Å². The first-order valence-corrected chi connectivity index (χ1v) is 9.98. The molecule has 1 aromatic carbocycles. The standard InChI is InChI=1S/C20H28N4O3S/c1-15(16-8-6-9-17(14-16)24-13-7-10-18(24)25)22-23-20(28)21-12-5-3-4-11-19(26)27-2/h6,8-9,14H,3-5,7,10-13H2,1-2H3,(H2,21,23,28)/b22-15-. The number of anilines is 1. The summed E-state index contributed by atoms with van der Waals surface area (Å²) in [5.74, 6) is -0.00467. The Labute approximate surface area is 171 Å². The van der Waals surface area contributed by atoms with Crippen molar-refractivity contribution in [1.29, 1.82) is 0 Å². The predicted octanol–water partition coefficient (Wildman–Crippen LogP) is 2.73. The van der Waals surface area contributed by atoms with Crippen LogP contribution in [0.15, 0.2) is 29.4 Å². The number of hydrogen-bond acceptors (Lipinski definition) is 5. The summed E-state index contributed by atoms with van der Waals surface area (Å²) >= 11 is 5.23. The predicted molar refractivity (Wildman–Crippen MR) is 114 cm³/mol. The van der Waals surface area contributed by atoms with Crippen molar-refractivity contribution in [3.63, 3.8) is 0 Å². The Hall–Kier alpha value is -2.48. The molecule has 0 aliphatic carbocycles. The average Bonchev–Trinajstić information content (AvgIpc) is 3.14. The van der Waals surface area contributed by atoms with Gasteiger partial charge in [0, 0.05) is 31.6 Å². The highest BCUT2D eigenvalue weighted by Gasteiger charge is 2.21. The van der Waals surface area contributed by atoms with Crippen molar-refractivity contribution >= 4 is 40.6 Å². The number of unbranched alkanes of at least 4 members (excludes halogenated alkanes) is 2. The largest absolute Gasteiger partial charge is 0.469 e. The first-order chi connectivity index (χ1) is 13.5. The number of thiocarbonyl (C=S) groups is 1. The smallest absolute Gasteiger partial charge is 0.305 e. The molecule has 0 saturated carbocycles. The number of hydrazone groups is 1. The van der Waals surface area contributed by atoms with Crippen molar-refractivity contribution in [3.8, 4) is 0 Å². The lowest BCUT2D eigenvalue weighted by atomic mass is 10.1. The van der Waals surface area contributed by atoms with Gasteiger partial charge in [-0.1, -0.05) is 18.6 Å². The summed E-state index contributed by atoms with van der Waals surface area (Å²) in [6, 6.07) is 7.81. The molecule has 0 spiro atoms. The molecule has 152 valence electrons. The van der Waals surface area contributed by atoms with Crippen molar-refractivity contribution < 1.29 is 14.3 Å². The van der Waals surface area contributed by atoms with E-state index < -0.39 is 0 Å². The summed E-state index contributed by atoms with van der Waals surface area (Å²) in [5.41, 5.74) is 5.48. The Morgan fingerprint density at radius 3 is 2.86 bits per heavy atom. The minimum atomic E-state index is -0.173. The zero-order valence-electron chi connectivity index (χ0n) is 16.5. The Kier molecular flexibility index (Phi) is 8.87. The van der Waals surface area contributed by atoms with E-state index in [0.29, 0.717) is 24.5 Å². The number of esters is 1. The molecule has 1 aromatic rings. The number of nitrogens with zero attached hydrogens (tertiary/aromatic N) is 2. The molecule has 0 radical (unpaired) electrons. The van der Waals surface area contributed by atoms with E-state index >= 15 is 0 Å². The highest BCUT2D eigenvalue weighted by atomic mass is 32.1. The number of benzene rings is 1. The molecule has 1 aliphatic rings. The van der Waals surface area contributed by atoms with E-state index in [9.17, 15) is 9.59 Å². The second-order valence-corrected chi connectivity index (χ2v) is 7.06. The number of carbonyl (C=O) groups excluding carboxylic acids is 2. The zero-order valence-corrected chi connectivity index (χ0v) is 17.3. The maximum atomic E-state index is 11.9. The molecule has 1 amide bonds. The SMILES string of the molecule is COC(=O)CCCCCNC(=S)N/N=C(/C)c1cccc(N2CCCC2=O)c1. The van der Waals surface area contributed by atoms with Gasteiger partial charge in [0.1, 0.15) is 0 Å². The van der Waals surface area contributed by atoms with Crippen LogP contribution in [0.4, 0.5) is 5.69 Å². The topological polar surface area (TPSA) is 83.0 Å². The van der Waals surface area contributed by atoms with E-state index in [-0.39, 0.29) is 11.9 Å². The molecule has 1 fully saturated rings. The molecule has 0 aromatic heterocycles. The number of ether oxygens (including phenoxy) is 1. The molecule has 2 rings (SSSR count). The molecule has 7 nitrogen and oxygen atoms in total. The summed E-state index contributed by atoms with van der Waals surface area (Å²) in [4.78, 5) is 24.8. The van der Waals surface area contributed by atoms with Gasteiger partial charge in [-0.3, -0.25) is 15.0 Å². The van der Waals surface area contributed by atoms with Crippen LogP contribution in [0.1, 0.15) is 51.0 Å². The summed E-state index contributed by atoms with van der Waals surface area (Å²) in [6.07, 6.45) is 4.61. The van der Waals surface area contributed by atoms with Crippen LogP contribution in [-0.4, -0.2) is 42.9 Å². The monoisotopic (exact) mass is 404 g/mol. The van der Waals surface area contributed by atoms with Gasteiger partial charge in [0.2, 0.25) is 5.91 Å². The Morgan fingerprint density at radius 2 is 2.14 bits per heavy atom. The van der Waals surface area contributed by atoms with Gasteiger partial charge in [0.15, 0.2) is 5.11 Å². The molecule has 1 aliphatic heterocycles. The van der Waals surface area contributed by atoms with Gasteiger partial charge in [0.25, 0.3) is 0 Å². The molecule has 28 heavy (non-hydrogen) atoms. The van der Waals surface area contributed by atoms with Gasteiger partial charge in [-0.05, 0) is 56.1 Å². The van der Waals surface area contributed by atoms with Gasteiger partial charge in [-0.2, -0.15) is 5.10 Å². The van der Waals surface area contributed by atoms with Crippen LogP contribution in [0.25, 0.3) is 0 Å². The van der Waals surface area contributed by atoms with Crippen molar-refractivity contribution in [1.82, 2.24) is 10.7 Å². The highest BCUT2D eigenvalue weighted by Crippen LogP contribution is 2.22. The third-order valence-electron chi connectivity index (χ3n) is 4.55. The van der Waals surface area contributed by atoms with E-state index in [0.717, 1.165) is 49.2 Å². The molecule has 8 heteroatoms. The van der Waals surface area contributed by atoms with Crippen molar-refractivity contribution in [2.24, 2.45) is 5.10 Å². The molecule has 1 heterocycles. The van der Waals surface area contributed by atoms with Crippen LogP contribution < -0.4 is 15.6 Å². The number of rotatable bonds is 9. The maximum absolute atomic E-state index is 11.9. The molecule has 1 saturated heterocycles. The van der Waals surface area contributed by atoms with Gasteiger partial charge >= 0.3 is 5.97 Å². The fourth-order valence-electron chi connectivity index (χ4n) is 2.93. The fourth-order valence-corrected chi connectivity index (χ4v) is 3.08. The van der Waals surface area contributed by atoms with E-state index in [2.05, 4.69) is 20.6 Å². The number of amides is 1. The molecule has 2 N–H and O–H groups in total. The average molecular weight is 405 g/mol. The quantitative estimate of drug-likeness (QED) is 0.217.